The van der Waals surface area contributed by atoms with Gasteiger partial charge in [-0.25, -0.2) is 4.99 Å². The number of halogens is 1. The molecule has 1 aromatic rings. The van der Waals surface area contributed by atoms with Crippen molar-refractivity contribution in [1.29, 1.82) is 0 Å². The molecule has 98 valence electrons. The molecule has 1 fully saturated rings. The highest BCUT2D eigenvalue weighted by Gasteiger charge is 2.33. The number of hydrogen-bond donors (Lipinski definition) is 2. The molecule has 18 heavy (non-hydrogen) atoms. The zero-order valence-corrected chi connectivity index (χ0v) is 12.5. The van der Waals surface area contributed by atoms with Gasteiger partial charge in [0.2, 0.25) is 0 Å². The molecule has 2 atom stereocenters. The Bertz CT molecular complexity index is 414. The molecule has 3 nitrogen and oxygen atoms in total. The van der Waals surface area contributed by atoms with E-state index in [2.05, 4.69) is 57.5 Å². The van der Waals surface area contributed by atoms with Crippen LogP contribution in [-0.4, -0.2) is 18.5 Å². The third kappa shape index (κ3) is 4.02. The first-order valence-electron chi connectivity index (χ1n) is 6.48. The van der Waals surface area contributed by atoms with Gasteiger partial charge in [-0.15, -0.1) is 0 Å². The number of benzene rings is 1. The molecule has 1 saturated carbocycles. The van der Waals surface area contributed by atoms with E-state index in [9.17, 15) is 0 Å². The number of nitrogens with one attached hydrogen (secondary N) is 2. The molecule has 2 unspecified atom stereocenters. The topological polar surface area (TPSA) is 36.4 Å². The molecule has 0 bridgehead atoms. The Kier molecular flexibility index (Phi) is 4.64. The van der Waals surface area contributed by atoms with Gasteiger partial charge in [0.25, 0.3) is 0 Å². The molecule has 1 aromatic carbocycles. The van der Waals surface area contributed by atoms with Gasteiger partial charge in [-0.1, -0.05) is 35.0 Å². The maximum absolute atomic E-state index is 4.61. The van der Waals surface area contributed by atoms with Gasteiger partial charge in [0, 0.05) is 17.1 Å². The van der Waals surface area contributed by atoms with Crippen molar-refractivity contribution < 1.29 is 0 Å². The van der Waals surface area contributed by atoms with E-state index in [0.717, 1.165) is 22.9 Å². The van der Waals surface area contributed by atoms with Crippen molar-refractivity contribution in [1.82, 2.24) is 10.6 Å². The van der Waals surface area contributed by atoms with Gasteiger partial charge in [0.15, 0.2) is 5.96 Å². The summed E-state index contributed by atoms with van der Waals surface area (Å²) in [6, 6.07) is 8.89. The second-order valence-corrected chi connectivity index (χ2v) is 5.70. The van der Waals surface area contributed by atoms with Crippen LogP contribution in [0.3, 0.4) is 0 Å². The minimum atomic E-state index is 0.604. The number of aliphatic imine (C=N–C) groups is 1. The number of rotatable bonds is 4. The van der Waals surface area contributed by atoms with Gasteiger partial charge < -0.3 is 10.6 Å². The molecule has 0 aromatic heterocycles. The first-order chi connectivity index (χ1) is 8.69. The quantitative estimate of drug-likeness (QED) is 0.663. The highest BCUT2D eigenvalue weighted by Crippen LogP contribution is 2.28. The third-order valence-electron chi connectivity index (χ3n) is 3.11. The van der Waals surface area contributed by atoms with Crippen LogP contribution in [0.2, 0.25) is 0 Å². The third-order valence-corrected chi connectivity index (χ3v) is 3.64. The summed E-state index contributed by atoms with van der Waals surface area (Å²) in [6.45, 7) is 5.96. The van der Waals surface area contributed by atoms with E-state index < -0.39 is 0 Å². The van der Waals surface area contributed by atoms with Crippen LogP contribution >= 0.6 is 15.9 Å². The standard InChI is InChI=1S/C14H20BrN3/c1-3-16-14(18-13-8-10(13)2)17-9-11-4-6-12(15)7-5-11/h4-7,10,13H,3,8-9H2,1-2H3,(H2,16,17,18). The van der Waals surface area contributed by atoms with E-state index >= 15 is 0 Å². The van der Waals surface area contributed by atoms with Gasteiger partial charge in [-0.2, -0.15) is 0 Å². The lowest BCUT2D eigenvalue weighted by molar-refractivity contribution is 0.766. The summed E-state index contributed by atoms with van der Waals surface area (Å²) in [6.07, 6.45) is 1.25. The molecule has 0 aliphatic heterocycles. The van der Waals surface area contributed by atoms with E-state index in [1.54, 1.807) is 0 Å². The fourth-order valence-electron chi connectivity index (χ4n) is 1.78. The Hall–Kier alpha value is -1.03. The summed E-state index contributed by atoms with van der Waals surface area (Å²) in [5.41, 5.74) is 1.22. The molecule has 0 spiro atoms. The number of guanidine groups is 1. The predicted molar refractivity (Wildman–Crippen MR) is 79.7 cm³/mol. The first-order valence-corrected chi connectivity index (χ1v) is 7.27. The maximum atomic E-state index is 4.61. The van der Waals surface area contributed by atoms with E-state index in [-0.39, 0.29) is 0 Å². The van der Waals surface area contributed by atoms with Crippen molar-refractivity contribution >= 4 is 21.9 Å². The molecule has 2 N–H and O–H groups in total. The molecular formula is C14H20BrN3. The lowest BCUT2D eigenvalue weighted by Crippen LogP contribution is -2.39. The average Bonchev–Trinajstić information content (AvgIpc) is 3.04. The molecule has 1 aliphatic rings. The van der Waals surface area contributed by atoms with Crippen molar-refractivity contribution in [3.63, 3.8) is 0 Å². The summed E-state index contributed by atoms with van der Waals surface area (Å²) in [7, 11) is 0. The van der Waals surface area contributed by atoms with Crippen molar-refractivity contribution in [3.8, 4) is 0 Å². The van der Waals surface area contributed by atoms with Crippen LogP contribution in [-0.2, 0) is 6.54 Å². The zero-order chi connectivity index (χ0) is 13.0. The van der Waals surface area contributed by atoms with Crippen LogP contribution in [0.25, 0.3) is 0 Å². The number of hydrogen-bond acceptors (Lipinski definition) is 1. The van der Waals surface area contributed by atoms with E-state index in [1.165, 1.54) is 12.0 Å². The molecule has 1 aliphatic carbocycles. The van der Waals surface area contributed by atoms with Gasteiger partial charge >= 0.3 is 0 Å². The fraction of sp³-hybridized carbons (Fsp3) is 0.500. The lowest BCUT2D eigenvalue weighted by Gasteiger charge is -2.10. The molecule has 0 amide bonds. The summed E-state index contributed by atoms with van der Waals surface area (Å²) >= 11 is 3.44. The maximum Gasteiger partial charge on any atom is 0.191 e. The minimum Gasteiger partial charge on any atom is -0.357 e. The molecule has 0 radical (unpaired) electrons. The van der Waals surface area contributed by atoms with Crippen molar-refractivity contribution in [2.75, 3.05) is 6.54 Å². The van der Waals surface area contributed by atoms with Crippen molar-refractivity contribution in [2.24, 2.45) is 10.9 Å². The van der Waals surface area contributed by atoms with Crippen LogP contribution in [0.1, 0.15) is 25.8 Å². The second kappa shape index (κ2) is 6.23. The first kappa shape index (κ1) is 13.4. The lowest BCUT2D eigenvalue weighted by atomic mass is 10.2. The van der Waals surface area contributed by atoms with Gasteiger partial charge in [-0.05, 0) is 37.0 Å². The normalized spacial score (nSPS) is 22.7. The Morgan fingerprint density at radius 1 is 1.39 bits per heavy atom. The largest absolute Gasteiger partial charge is 0.357 e. The minimum absolute atomic E-state index is 0.604. The summed E-state index contributed by atoms with van der Waals surface area (Å²) < 4.78 is 1.10. The van der Waals surface area contributed by atoms with E-state index in [1.807, 2.05) is 12.1 Å². The second-order valence-electron chi connectivity index (χ2n) is 4.79. The van der Waals surface area contributed by atoms with Crippen molar-refractivity contribution in [3.05, 3.63) is 34.3 Å². The molecule has 4 heteroatoms. The number of nitrogens with zero attached hydrogens (tertiary/aromatic N) is 1. The van der Waals surface area contributed by atoms with Crippen LogP contribution in [0, 0.1) is 5.92 Å². The molecule has 0 saturated heterocycles. The SMILES string of the molecule is CCNC(=NCc1ccc(Br)cc1)NC1CC1C. The van der Waals surface area contributed by atoms with E-state index in [4.69, 9.17) is 0 Å². The highest BCUT2D eigenvalue weighted by atomic mass is 79.9. The monoisotopic (exact) mass is 309 g/mol. The molecular weight excluding hydrogens is 290 g/mol. The fourth-order valence-corrected chi connectivity index (χ4v) is 2.04. The molecule has 0 heterocycles. The Morgan fingerprint density at radius 3 is 2.61 bits per heavy atom. The van der Waals surface area contributed by atoms with E-state index in [0.29, 0.717) is 12.6 Å². The average molecular weight is 310 g/mol. The Balaban J connectivity index is 1.92. The van der Waals surface area contributed by atoms with Crippen molar-refractivity contribution in [2.45, 2.75) is 32.9 Å². The zero-order valence-electron chi connectivity index (χ0n) is 10.9. The van der Waals surface area contributed by atoms with Gasteiger partial charge in [0.05, 0.1) is 6.54 Å². The highest BCUT2D eigenvalue weighted by molar-refractivity contribution is 9.10. The Morgan fingerprint density at radius 2 is 2.06 bits per heavy atom. The smallest absolute Gasteiger partial charge is 0.191 e. The summed E-state index contributed by atoms with van der Waals surface area (Å²) in [5, 5.41) is 6.74. The van der Waals surface area contributed by atoms with Crippen LogP contribution < -0.4 is 10.6 Å². The van der Waals surface area contributed by atoms with Crippen LogP contribution in [0.4, 0.5) is 0 Å². The molecule has 2 rings (SSSR count). The summed E-state index contributed by atoms with van der Waals surface area (Å²) in [4.78, 5) is 4.61. The van der Waals surface area contributed by atoms with Gasteiger partial charge in [0.1, 0.15) is 0 Å². The summed E-state index contributed by atoms with van der Waals surface area (Å²) in [5.74, 6) is 1.70. The van der Waals surface area contributed by atoms with Gasteiger partial charge in [-0.3, -0.25) is 0 Å². The predicted octanol–water partition coefficient (Wildman–Crippen LogP) is 2.91. The Labute approximate surface area is 117 Å². The van der Waals surface area contributed by atoms with Crippen LogP contribution in [0.5, 0.6) is 0 Å². The van der Waals surface area contributed by atoms with Crippen LogP contribution in [0.15, 0.2) is 33.7 Å².